The molecule has 0 atom stereocenters. The average molecular weight is 360 g/mol. The number of anilines is 1. The highest BCUT2D eigenvalue weighted by molar-refractivity contribution is 6.26. The number of benzene rings is 2. The van der Waals surface area contributed by atoms with Crippen LogP contribution in [0.4, 0.5) is 5.69 Å². The van der Waals surface area contributed by atoms with Gasteiger partial charge in [-0.1, -0.05) is 12.1 Å². The van der Waals surface area contributed by atoms with Crippen LogP contribution in [0.15, 0.2) is 30.3 Å². The second kappa shape index (κ2) is 6.65. The first-order valence-corrected chi connectivity index (χ1v) is 8.41. The fourth-order valence-corrected chi connectivity index (χ4v) is 3.92. The van der Waals surface area contributed by atoms with Crippen LogP contribution in [0, 0.1) is 0 Å². The number of halogens is 1. The normalized spacial score (nSPS) is 18.4. The van der Waals surface area contributed by atoms with Crippen LogP contribution < -0.4 is 5.32 Å². The molecule has 2 heterocycles. The number of hydrogen-bond acceptors (Lipinski definition) is 4. The standard InChI is InChI=1S/C19H21N3O2.ClH/c1-20-16-7-6-15-17-13(16)4-3-5-14(17)18(23)22(19(15)24)12-8-10-21(2)11-9-12;/h3-7,12,20H,8-11H2,1-2H3;1H. The van der Waals surface area contributed by atoms with Crippen LogP contribution in [0.1, 0.15) is 33.6 Å². The number of carbonyl (C=O) groups is 2. The molecule has 1 fully saturated rings. The first kappa shape index (κ1) is 17.7. The number of amides is 2. The van der Waals surface area contributed by atoms with Gasteiger partial charge in [-0.05, 0) is 51.2 Å². The topological polar surface area (TPSA) is 52.7 Å². The number of hydrogen-bond donors (Lipinski definition) is 1. The molecule has 2 amide bonds. The molecule has 0 spiro atoms. The van der Waals surface area contributed by atoms with Crippen molar-refractivity contribution in [1.82, 2.24) is 9.80 Å². The Labute approximate surface area is 153 Å². The first-order chi connectivity index (χ1) is 11.6. The van der Waals surface area contributed by atoms with E-state index >= 15 is 0 Å². The molecule has 0 bridgehead atoms. The molecule has 0 aromatic heterocycles. The SMILES string of the molecule is CNc1ccc2c3c(cccc13)C(=O)N(C1CCN(C)CC1)C2=O.Cl. The third-order valence-electron chi connectivity index (χ3n) is 5.26. The summed E-state index contributed by atoms with van der Waals surface area (Å²) in [6.07, 6.45) is 1.68. The van der Waals surface area contributed by atoms with E-state index in [1.165, 1.54) is 4.90 Å². The van der Waals surface area contributed by atoms with Crippen LogP contribution in [0.5, 0.6) is 0 Å². The van der Waals surface area contributed by atoms with E-state index < -0.39 is 0 Å². The summed E-state index contributed by atoms with van der Waals surface area (Å²) in [4.78, 5) is 29.9. The molecule has 2 aromatic rings. The molecule has 1 N–H and O–H groups in total. The third-order valence-corrected chi connectivity index (χ3v) is 5.26. The van der Waals surface area contributed by atoms with E-state index in [0.717, 1.165) is 42.4 Å². The minimum Gasteiger partial charge on any atom is -0.388 e. The number of nitrogens with zero attached hydrogens (tertiary/aromatic N) is 2. The molecule has 2 aliphatic rings. The van der Waals surface area contributed by atoms with Gasteiger partial charge in [0.2, 0.25) is 0 Å². The molecule has 6 heteroatoms. The van der Waals surface area contributed by atoms with Gasteiger partial charge in [0.05, 0.1) is 0 Å². The number of carbonyl (C=O) groups excluding carboxylic acids is 2. The molecule has 2 aliphatic heterocycles. The summed E-state index contributed by atoms with van der Waals surface area (Å²) < 4.78 is 0. The van der Waals surface area contributed by atoms with Crippen molar-refractivity contribution >= 4 is 40.7 Å². The Morgan fingerprint density at radius 1 is 1.00 bits per heavy atom. The van der Waals surface area contributed by atoms with E-state index in [2.05, 4.69) is 17.3 Å². The van der Waals surface area contributed by atoms with E-state index in [1.54, 1.807) is 0 Å². The zero-order valence-corrected chi connectivity index (χ0v) is 15.2. The lowest BCUT2D eigenvalue weighted by Gasteiger charge is -2.38. The molecule has 0 radical (unpaired) electrons. The van der Waals surface area contributed by atoms with Gasteiger partial charge < -0.3 is 10.2 Å². The van der Waals surface area contributed by atoms with Crippen LogP contribution in [0.25, 0.3) is 10.8 Å². The highest BCUT2D eigenvalue weighted by Gasteiger charge is 2.38. The average Bonchev–Trinajstić information content (AvgIpc) is 2.61. The Bertz CT molecular complexity index is 822. The Kier molecular flexibility index (Phi) is 4.71. The van der Waals surface area contributed by atoms with Crippen LogP contribution >= 0.6 is 12.4 Å². The monoisotopic (exact) mass is 359 g/mol. The first-order valence-electron chi connectivity index (χ1n) is 8.41. The quantitative estimate of drug-likeness (QED) is 0.837. The maximum Gasteiger partial charge on any atom is 0.261 e. The molecule has 0 saturated carbocycles. The van der Waals surface area contributed by atoms with E-state index in [0.29, 0.717) is 11.1 Å². The van der Waals surface area contributed by atoms with Gasteiger partial charge in [-0.2, -0.15) is 0 Å². The van der Waals surface area contributed by atoms with E-state index in [-0.39, 0.29) is 30.3 Å². The van der Waals surface area contributed by atoms with Gasteiger partial charge in [-0.15, -0.1) is 12.4 Å². The lowest BCUT2D eigenvalue weighted by molar-refractivity contribution is 0.0471. The summed E-state index contributed by atoms with van der Waals surface area (Å²) in [6, 6.07) is 9.44. The summed E-state index contributed by atoms with van der Waals surface area (Å²) in [5, 5.41) is 4.85. The second-order valence-corrected chi connectivity index (χ2v) is 6.65. The fourth-order valence-electron chi connectivity index (χ4n) is 3.92. The van der Waals surface area contributed by atoms with Crippen molar-refractivity contribution in [3.8, 4) is 0 Å². The zero-order chi connectivity index (χ0) is 16.8. The minimum absolute atomic E-state index is 0. The smallest absolute Gasteiger partial charge is 0.261 e. The summed E-state index contributed by atoms with van der Waals surface area (Å²) in [5.41, 5.74) is 2.21. The van der Waals surface area contributed by atoms with E-state index in [1.807, 2.05) is 37.4 Å². The fraction of sp³-hybridized carbons (Fsp3) is 0.368. The van der Waals surface area contributed by atoms with Crippen molar-refractivity contribution in [3.05, 3.63) is 41.5 Å². The molecule has 1 saturated heterocycles. The molecular weight excluding hydrogens is 338 g/mol. The predicted molar refractivity (Wildman–Crippen MR) is 102 cm³/mol. The van der Waals surface area contributed by atoms with Gasteiger partial charge in [-0.3, -0.25) is 14.5 Å². The minimum atomic E-state index is -0.152. The molecule has 4 rings (SSSR count). The molecule has 132 valence electrons. The highest BCUT2D eigenvalue weighted by atomic mass is 35.5. The lowest BCUT2D eigenvalue weighted by atomic mass is 9.90. The summed E-state index contributed by atoms with van der Waals surface area (Å²) in [6.45, 7) is 1.83. The van der Waals surface area contributed by atoms with Crippen molar-refractivity contribution in [1.29, 1.82) is 0 Å². The third kappa shape index (κ3) is 2.68. The summed E-state index contributed by atoms with van der Waals surface area (Å²) >= 11 is 0. The largest absolute Gasteiger partial charge is 0.388 e. The van der Waals surface area contributed by atoms with Gasteiger partial charge in [0.25, 0.3) is 11.8 Å². The lowest BCUT2D eigenvalue weighted by Crippen LogP contribution is -2.51. The maximum absolute atomic E-state index is 13.1. The molecular formula is C19H22ClN3O2. The van der Waals surface area contributed by atoms with Gasteiger partial charge in [0.15, 0.2) is 0 Å². The van der Waals surface area contributed by atoms with E-state index in [9.17, 15) is 9.59 Å². The van der Waals surface area contributed by atoms with Gasteiger partial charge in [0.1, 0.15) is 0 Å². The van der Waals surface area contributed by atoms with E-state index in [4.69, 9.17) is 0 Å². The molecule has 2 aromatic carbocycles. The van der Waals surface area contributed by atoms with Crippen LogP contribution in [-0.2, 0) is 0 Å². The molecule has 25 heavy (non-hydrogen) atoms. The Balaban J connectivity index is 0.00000182. The number of imide groups is 1. The van der Waals surface area contributed by atoms with Gasteiger partial charge in [0, 0.05) is 40.7 Å². The number of likely N-dealkylation sites (tertiary alicyclic amines) is 1. The van der Waals surface area contributed by atoms with Crippen molar-refractivity contribution < 1.29 is 9.59 Å². The summed E-state index contributed by atoms with van der Waals surface area (Å²) in [5.74, 6) is -0.304. The molecule has 5 nitrogen and oxygen atoms in total. The number of nitrogens with one attached hydrogen (secondary N) is 1. The second-order valence-electron chi connectivity index (χ2n) is 6.65. The number of piperidine rings is 1. The Morgan fingerprint density at radius 2 is 1.64 bits per heavy atom. The molecule has 0 aliphatic carbocycles. The maximum atomic E-state index is 13.1. The van der Waals surface area contributed by atoms with Gasteiger partial charge >= 0.3 is 0 Å². The number of rotatable bonds is 2. The van der Waals surface area contributed by atoms with Crippen LogP contribution in [0.2, 0.25) is 0 Å². The van der Waals surface area contributed by atoms with Crippen molar-refractivity contribution in [3.63, 3.8) is 0 Å². The van der Waals surface area contributed by atoms with Crippen molar-refractivity contribution in [2.75, 3.05) is 32.5 Å². The Hall–Kier alpha value is -2.11. The molecule has 0 unspecified atom stereocenters. The van der Waals surface area contributed by atoms with Crippen LogP contribution in [-0.4, -0.2) is 54.8 Å². The summed E-state index contributed by atoms with van der Waals surface area (Å²) in [7, 11) is 3.92. The predicted octanol–water partition coefficient (Wildman–Crippen LogP) is 2.99. The van der Waals surface area contributed by atoms with Crippen molar-refractivity contribution in [2.45, 2.75) is 18.9 Å². The Morgan fingerprint density at radius 3 is 2.28 bits per heavy atom. The zero-order valence-electron chi connectivity index (χ0n) is 14.4. The highest BCUT2D eigenvalue weighted by Crippen LogP contribution is 2.35. The van der Waals surface area contributed by atoms with Crippen LogP contribution in [0.3, 0.4) is 0 Å². The van der Waals surface area contributed by atoms with Gasteiger partial charge in [-0.25, -0.2) is 0 Å². The van der Waals surface area contributed by atoms with Crippen molar-refractivity contribution in [2.24, 2.45) is 0 Å².